The quantitative estimate of drug-likeness (QED) is 0.556. The average molecular weight is 437 g/mol. The fraction of sp³-hybridized carbons (Fsp3) is 0.111. The van der Waals surface area contributed by atoms with Gasteiger partial charge < -0.3 is 5.32 Å². The number of halogens is 2. The van der Waals surface area contributed by atoms with E-state index < -0.39 is 0 Å². The van der Waals surface area contributed by atoms with Gasteiger partial charge in [-0.3, -0.25) is 9.48 Å². The molecule has 1 heterocycles. The van der Waals surface area contributed by atoms with E-state index in [9.17, 15) is 4.79 Å². The first-order valence-corrected chi connectivity index (χ1v) is 9.62. The van der Waals surface area contributed by atoms with Gasteiger partial charge in [0.1, 0.15) is 5.69 Å². The molecular weight excluding hydrogens is 422 g/mol. The van der Waals surface area contributed by atoms with Crippen LogP contribution in [0.25, 0.3) is 0 Å². The van der Waals surface area contributed by atoms with Crippen LogP contribution in [0.15, 0.2) is 69.0 Å². The number of hydrogen-bond acceptors (Lipinski definition) is 3. The molecule has 0 bridgehead atoms. The van der Waals surface area contributed by atoms with Crippen LogP contribution in [0, 0.1) is 0 Å². The van der Waals surface area contributed by atoms with Crippen LogP contribution in [0.4, 0.5) is 5.69 Å². The van der Waals surface area contributed by atoms with E-state index in [-0.39, 0.29) is 5.91 Å². The van der Waals surface area contributed by atoms with Gasteiger partial charge in [0.15, 0.2) is 0 Å². The maximum atomic E-state index is 12.7. The molecule has 1 N–H and O–H groups in total. The van der Waals surface area contributed by atoms with Crippen LogP contribution in [0.3, 0.4) is 0 Å². The fourth-order valence-corrected chi connectivity index (χ4v) is 3.80. The highest BCUT2D eigenvalue weighted by molar-refractivity contribution is 9.10. The van der Waals surface area contributed by atoms with Gasteiger partial charge >= 0.3 is 0 Å². The summed E-state index contributed by atoms with van der Waals surface area (Å²) in [4.78, 5) is 14.7. The number of benzene rings is 2. The topological polar surface area (TPSA) is 46.9 Å². The van der Waals surface area contributed by atoms with Crippen LogP contribution in [0.2, 0.25) is 5.02 Å². The van der Waals surface area contributed by atoms with Crippen molar-refractivity contribution in [2.45, 2.75) is 23.3 Å². The Morgan fingerprint density at radius 1 is 1.24 bits per heavy atom. The predicted octanol–water partition coefficient (Wildman–Crippen LogP) is 5.72. The van der Waals surface area contributed by atoms with Crippen LogP contribution < -0.4 is 5.32 Å². The van der Waals surface area contributed by atoms with Crippen molar-refractivity contribution in [3.63, 3.8) is 0 Å². The van der Waals surface area contributed by atoms with Crippen LogP contribution in [0.1, 0.15) is 17.4 Å². The molecule has 0 aliphatic rings. The van der Waals surface area contributed by atoms with Gasteiger partial charge in [0, 0.05) is 21.4 Å². The van der Waals surface area contributed by atoms with Crippen molar-refractivity contribution in [1.29, 1.82) is 0 Å². The van der Waals surface area contributed by atoms with E-state index in [1.165, 1.54) is 0 Å². The summed E-state index contributed by atoms with van der Waals surface area (Å²) < 4.78 is 2.34. The molecule has 3 rings (SSSR count). The van der Waals surface area contributed by atoms with Crippen molar-refractivity contribution in [3.8, 4) is 0 Å². The van der Waals surface area contributed by atoms with Crippen molar-refractivity contribution < 1.29 is 4.79 Å². The van der Waals surface area contributed by atoms with E-state index in [1.807, 2.05) is 55.5 Å². The first-order chi connectivity index (χ1) is 12.1. The van der Waals surface area contributed by atoms with Crippen molar-refractivity contribution in [3.05, 3.63) is 69.9 Å². The second-order valence-electron chi connectivity index (χ2n) is 5.16. The van der Waals surface area contributed by atoms with Gasteiger partial charge in [-0.05, 0) is 59.3 Å². The molecule has 0 saturated heterocycles. The molecule has 3 aromatic rings. The molecule has 0 aliphatic heterocycles. The number of aryl methyl sites for hydroxylation is 1. The molecule has 0 atom stereocenters. The third-order valence-corrected chi connectivity index (χ3v) is 5.40. The molecule has 25 heavy (non-hydrogen) atoms. The summed E-state index contributed by atoms with van der Waals surface area (Å²) in [6.07, 6.45) is 1.63. The highest BCUT2D eigenvalue weighted by Crippen LogP contribution is 2.34. The number of carbonyl (C=O) groups is 1. The molecule has 0 unspecified atom stereocenters. The van der Waals surface area contributed by atoms with Crippen molar-refractivity contribution in [2.75, 3.05) is 5.32 Å². The third kappa shape index (κ3) is 4.26. The minimum Gasteiger partial charge on any atom is -0.320 e. The molecule has 4 nitrogen and oxygen atoms in total. The lowest BCUT2D eigenvalue weighted by molar-refractivity contribution is 0.101. The number of aromatic nitrogens is 2. The highest BCUT2D eigenvalue weighted by Gasteiger charge is 2.17. The second kappa shape index (κ2) is 8.08. The standard InChI is InChI=1S/C18H15BrClN3OS/c1-2-23-17(14(19)11-21-23)18(24)22-15-5-3-4-6-16(15)25-13-9-7-12(20)8-10-13/h3-11H,2H2,1H3,(H,22,24). The lowest BCUT2D eigenvalue weighted by atomic mass is 10.3. The summed E-state index contributed by atoms with van der Waals surface area (Å²) in [6.45, 7) is 2.57. The zero-order chi connectivity index (χ0) is 17.8. The van der Waals surface area contributed by atoms with Crippen LogP contribution in [-0.2, 0) is 6.54 Å². The van der Waals surface area contributed by atoms with E-state index in [0.29, 0.717) is 21.7 Å². The molecule has 2 aromatic carbocycles. The molecule has 0 fully saturated rings. The number of amides is 1. The van der Waals surface area contributed by atoms with Gasteiger partial charge in [-0.25, -0.2) is 0 Å². The summed E-state index contributed by atoms with van der Waals surface area (Å²) >= 11 is 10.9. The number of carbonyl (C=O) groups excluding carboxylic acids is 1. The first kappa shape index (κ1) is 18.0. The fourth-order valence-electron chi connectivity index (χ4n) is 2.30. The Kier molecular flexibility index (Phi) is 5.83. The largest absolute Gasteiger partial charge is 0.320 e. The molecule has 1 aromatic heterocycles. The van der Waals surface area contributed by atoms with Gasteiger partial charge in [0.05, 0.1) is 16.4 Å². The molecule has 0 aliphatic carbocycles. The molecule has 0 saturated carbocycles. The number of anilines is 1. The van der Waals surface area contributed by atoms with Gasteiger partial charge in [0.25, 0.3) is 5.91 Å². The lowest BCUT2D eigenvalue weighted by Crippen LogP contribution is -2.18. The third-order valence-electron chi connectivity index (χ3n) is 3.49. The van der Waals surface area contributed by atoms with E-state index in [1.54, 1.807) is 22.6 Å². The summed E-state index contributed by atoms with van der Waals surface area (Å²) in [6, 6.07) is 15.3. The minimum absolute atomic E-state index is 0.199. The minimum atomic E-state index is -0.199. The maximum absolute atomic E-state index is 12.7. The summed E-state index contributed by atoms with van der Waals surface area (Å²) in [7, 11) is 0. The van der Waals surface area contributed by atoms with E-state index in [4.69, 9.17) is 11.6 Å². The van der Waals surface area contributed by atoms with E-state index >= 15 is 0 Å². The molecule has 1 amide bonds. The zero-order valence-corrected chi connectivity index (χ0v) is 16.5. The predicted molar refractivity (Wildman–Crippen MR) is 106 cm³/mol. The lowest BCUT2D eigenvalue weighted by Gasteiger charge is -2.12. The van der Waals surface area contributed by atoms with Gasteiger partial charge in [0.2, 0.25) is 0 Å². The van der Waals surface area contributed by atoms with Gasteiger partial charge in [-0.15, -0.1) is 0 Å². The highest BCUT2D eigenvalue weighted by atomic mass is 79.9. The Balaban J connectivity index is 1.84. The Labute approximate surface area is 163 Å². The van der Waals surface area contributed by atoms with Crippen molar-refractivity contribution in [2.24, 2.45) is 0 Å². The SMILES string of the molecule is CCn1ncc(Br)c1C(=O)Nc1ccccc1Sc1ccc(Cl)cc1. The van der Waals surface area contributed by atoms with Crippen LogP contribution in [-0.4, -0.2) is 15.7 Å². The smallest absolute Gasteiger partial charge is 0.275 e. The van der Waals surface area contributed by atoms with Gasteiger partial charge in [-0.1, -0.05) is 35.5 Å². The molecule has 7 heteroatoms. The zero-order valence-electron chi connectivity index (χ0n) is 13.4. The maximum Gasteiger partial charge on any atom is 0.275 e. The molecule has 128 valence electrons. The number of rotatable bonds is 5. The number of nitrogens with one attached hydrogen (secondary N) is 1. The summed E-state index contributed by atoms with van der Waals surface area (Å²) in [5, 5.41) is 7.87. The Morgan fingerprint density at radius 2 is 1.96 bits per heavy atom. The second-order valence-corrected chi connectivity index (χ2v) is 7.57. The number of para-hydroxylation sites is 1. The van der Waals surface area contributed by atoms with Crippen molar-refractivity contribution in [1.82, 2.24) is 9.78 Å². The van der Waals surface area contributed by atoms with Gasteiger partial charge in [-0.2, -0.15) is 5.10 Å². The molecular formula is C18H15BrClN3OS. The number of nitrogens with zero attached hydrogens (tertiary/aromatic N) is 2. The van der Waals surface area contributed by atoms with Crippen LogP contribution in [0.5, 0.6) is 0 Å². The normalized spacial score (nSPS) is 10.7. The summed E-state index contributed by atoms with van der Waals surface area (Å²) in [5.74, 6) is -0.199. The van der Waals surface area contributed by atoms with E-state index in [2.05, 4.69) is 26.3 Å². The van der Waals surface area contributed by atoms with Crippen molar-refractivity contribution >= 4 is 50.9 Å². The monoisotopic (exact) mass is 435 g/mol. The Bertz CT molecular complexity index is 896. The average Bonchev–Trinajstić information content (AvgIpc) is 2.99. The van der Waals surface area contributed by atoms with Crippen LogP contribution >= 0.6 is 39.3 Å². The Morgan fingerprint density at radius 3 is 2.68 bits per heavy atom. The number of hydrogen-bond donors (Lipinski definition) is 1. The van der Waals surface area contributed by atoms with E-state index in [0.717, 1.165) is 15.5 Å². The Hall–Kier alpha value is -1.76. The first-order valence-electron chi connectivity index (χ1n) is 7.63. The molecule has 0 spiro atoms. The molecule has 0 radical (unpaired) electrons. The summed E-state index contributed by atoms with van der Waals surface area (Å²) in [5.41, 5.74) is 1.26.